The average Bonchev–Trinajstić information content (AvgIpc) is 2.38. The summed E-state index contributed by atoms with van der Waals surface area (Å²) in [6, 6.07) is 8.70. The molecule has 0 aromatic heterocycles. The Morgan fingerprint density at radius 1 is 1.48 bits per heavy atom. The summed E-state index contributed by atoms with van der Waals surface area (Å²) < 4.78 is 20.5. The lowest BCUT2D eigenvalue weighted by molar-refractivity contribution is 0.117. The lowest BCUT2D eigenvalue weighted by atomic mass is 10.1. The predicted octanol–water partition coefficient (Wildman–Crippen LogP) is 2.13. The maximum atomic E-state index is 12.0. The predicted molar refractivity (Wildman–Crippen MR) is 83.8 cm³/mol. The molecule has 0 heterocycles. The summed E-state index contributed by atoms with van der Waals surface area (Å²) in [7, 11) is -3.20. The van der Waals surface area contributed by atoms with Crippen LogP contribution in [0, 0.1) is 0 Å². The van der Waals surface area contributed by atoms with Crippen LogP contribution in [-0.4, -0.2) is 22.1 Å². The quantitative estimate of drug-likeness (QED) is 0.784. The molecule has 0 aliphatic heterocycles. The van der Waals surface area contributed by atoms with Crippen molar-refractivity contribution >= 4 is 16.0 Å². The van der Waals surface area contributed by atoms with E-state index in [4.69, 9.17) is 15.6 Å². The van der Waals surface area contributed by atoms with Gasteiger partial charge in [0.05, 0.1) is 5.75 Å². The van der Waals surface area contributed by atoms with Gasteiger partial charge < -0.3 is 10.5 Å². The molecular weight excluding hydrogens is 290 g/mol. The monoisotopic (exact) mass is 311 g/mol. The molecule has 0 spiro atoms. The first kappa shape index (κ1) is 17.4. The summed E-state index contributed by atoms with van der Waals surface area (Å²) in [5, 5.41) is 5.51. The van der Waals surface area contributed by atoms with E-state index in [9.17, 15) is 9.00 Å². The van der Waals surface area contributed by atoms with E-state index in [1.807, 2.05) is 30.3 Å². The third-order valence-corrected chi connectivity index (χ3v) is 4.06. The van der Waals surface area contributed by atoms with Gasteiger partial charge in [0.15, 0.2) is 0 Å². The van der Waals surface area contributed by atoms with Gasteiger partial charge in [-0.2, -0.15) is 0 Å². The zero-order valence-corrected chi connectivity index (χ0v) is 12.8. The van der Waals surface area contributed by atoms with Gasteiger partial charge in [-0.25, -0.2) is 14.1 Å². The van der Waals surface area contributed by atoms with Gasteiger partial charge >= 0.3 is 6.09 Å². The van der Waals surface area contributed by atoms with Crippen LogP contribution in [-0.2, 0) is 14.7 Å². The molecule has 1 aromatic rings. The van der Waals surface area contributed by atoms with Gasteiger partial charge in [-0.3, -0.25) is 0 Å². The summed E-state index contributed by atoms with van der Waals surface area (Å²) in [6.45, 7) is 5.23. The van der Waals surface area contributed by atoms with Crippen LogP contribution < -0.4 is 10.9 Å². The van der Waals surface area contributed by atoms with Crippen molar-refractivity contribution in [2.45, 2.75) is 25.5 Å². The fourth-order valence-corrected chi connectivity index (χ4v) is 2.84. The van der Waals surface area contributed by atoms with Crippen molar-refractivity contribution in [1.29, 1.82) is 0 Å². The van der Waals surface area contributed by atoms with Gasteiger partial charge in [-0.1, -0.05) is 36.4 Å². The standard InChI is InChI=1S/C14H21N3O3S/c1-3-7-13(15)10-21(16,19)17-14(18)20-11(2)12-8-5-4-6-9-12/h3-6,8-9,11,13H,1,7,10,15H2,2H3,(H2,16,17,18,19)/t11-,13-,21-/m0/s1. The maximum absolute atomic E-state index is 12.0. The number of carbonyl (C=O) groups is 1. The first-order chi connectivity index (χ1) is 9.84. The van der Waals surface area contributed by atoms with Crippen molar-refractivity contribution in [3.63, 3.8) is 0 Å². The van der Waals surface area contributed by atoms with Crippen LogP contribution in [0.25, 0.3) is 0 Å². The van der Waals surface area contributed by atoms with E-state index in [2.05, 4.69) is 10.9 Å². The second-order valence-electron chi connectivity index (χ2n) is 4.67. The Morgan fingerprint density at radius 2 is 2.10 bits per heavy atom. The van der Waals surface area contributed by atoms with Crippen LogP contribution >= 0.6 is 0 Å². The molecule has 0 radical (unpaired) electrons. The highest BCUT2D eigenvalue weighted by atomic mass is 32.2. The summed E-state index contributed by atoms with van der Waals surface area (Å²) in [5.74, 6) is -0.0894. The number of nitrogens with two attached hydrogens (primary N) is 2. The molecule has 0 aliphatic rings. The Hall–Kier alpha value is -1.70. The summed E-state index contributed by atoms with van der Waals surface area (Å²) in [4.78, 5) is 11.7. The van der Waals surface area contributed by atoms with E-state index in [0.717, 1.165) is 5.56 Å². The van der Waals surface area contributed by atoms with Gasteiger partial charge in [0.1, 0.15) is 16.0 Å². The number of rotatable bonds is 6. The Labute approximate surface area is 125 Å². The molecule has 0 bridgehead atoms. The molecule has 0 saturated heterocycles. The van der Waals surface area contributed by atoms with Crippen LogP contribution in [0.1, 0.15) is 25.0 Å². The molecule has 4 N–H and O–H groups in total. The number of hydrogen-bond donors (Lipinski definition) is 2. The van der Waals surface area contributed by atoms with E-state index >= 15 is 0 Å². The molecule has 6 nitrogen and oxygen atoms in total. The van der Waals surface area contributed by atoms with Crippen molar-refractivity contribution in [3.05, 3.63) is 48.6 Å². The molecule has 0 fully saturated rings. The molecule has 1 aromatic carbocycles. The molecule has 0 unspecified atom stereocenters. The maximum Gasteiger partial charge on any atom is 0.443 e. The smallest absolute Gasteiger partial charge is 0.440 e. The Kier molecular flexibility index (Phi) is 6.54. The Balaban J connectivity index is 2.68. The zero-order valence-electron chi connectivity index (χ0n) is 12.0. The largest absolute Gasteiger partial charge is 0.443 e. The second-order valence-corrected chi connectivity index (χ2v) is 6.56. The molecule has 21 heavy (non-hydrogen) atoms. The second kappa shape index (κ2) is 7.92. The molecule has 116 valence electrons. The van der Waals surface area contributed by atoms with E-state index in [0.29, 0.717) is 6.42 Å². The van der Waals surface area contributed by atoms with Crippen LogP contribution in [0.5, 0.6) is 0 Å². The SMILES string of the molecule is C=CC[C@H](N)C[S@@](N)(=O)=NC(=O)O[C@@H](C)c1ccccc1. The van der Waals surface area contributed by atoms with E-state index in [-0.39, 0.29) is 5.75 Å². The molecule has 1 amide bonds. The minimum Gasteiger partial charge on any atom is -0.440 e. The van der Waals surface area contributed by atoms with Crippen molar-refractivity contribution in [3.8, 4) is 0 Å². The molecular formula is C14H21N3O3S. The van der Waals surface area contributed by atoms with Gasteiger partial charge in [0, 0.05) is 6.04 Å². The Bertz CT molecular complexity index is 595. The number of hydrogen-bond acceptors (Lipinski definition) is 4. The van der Waals surface area contributed by atoms with Gasteiger partial charge in [-0.05, 0) is 18.9 Å². The molecule has 1 rings (SSSR count). The van der Waals surface area contributed by atoms with Crippen molar-refractivity contribution in [2.75, 3.05) is 5.75 Å². The van der Waals surface area contributed by atoms with E-state index in [1.165, 1.54) is 0 Å². The highest BCUT2D eigenvalue weighted by molar-refractivity contribution is 7.91. The third kappa shape index (κ3) is 6.52. The number of carbonyl (C=O) groups excluding carboxylic acids is 1. The van der Waals surface area contributed by atoms with Gasteiger partial charge in [-0.15, -0.1) is 10.9 Å². The highest BCUT2D eigenvalue weighted by Gasteiger charge is 2.15. The Morgan fingerprint density at radius 3 is 2.67 bits per heavy atom. The summed E-state index contributed by atoms with van der Waals surface area (Å²) in [5.41, 5.74) is 6.51. The van der Waals surface area contributed by atoms with Gasteiger partial charge in [0.25, 0.3) is 0 Å². The van der Waals surface area contributed by atoms with Crippen molar-refractivity contribution in [2.24, 2.45) is 15.2 Å². The van der Waals surface area contributed by atoms with Crippen molar-refractivity contribution in [1.82, 2.24) is 0 Å². The fraction of sp³-hybridized carbons (Fsp3) is 0.357. The number of amides is 1. The summed E-state index contributed by atoms with van der Waals surface area (Å²) >= 11 is 0. The normalized spacial score (nSPS) is 16.3. The van der Waals surface area contributed by atoms with E-state index in [1.54, 1.807) is 13.0 Å². The molecule has 0 aliphatic carbocycles. The first-order valence-electron chi connectivity index (χ1n) is 6.48. The highest BCUT2D eigenvalue weighted by Crippen LogP contribution is 2.16. The minimum absolute atomic E-state index is 0.0894. The lowest BCUT2D eigenvalue weighted by Crippen LogP contribution is -2.33. The van der Waals surface area contributed by atoms with Crippen molar-refractivity contribution < 1.29 is 13.7 Å². The lowest BCUT2D eigenvalue weighted by Gasteiger charge is -2.13. The van der Waals surface area contributed by atoms with Crippen LogP contribution in [0.15, 0.2) is 47.3 Å². The molecule has 3 atom stereocenters. The zero-order chi connectivity index (χ0) is 15.9. The number of nitrogens with zero attached hydrogens (tertiary/aromatic N) is 1. The van der Waals surface area contributed by atoms with Crippen LogP contribution in [0.4, 0.5) is 4.79 Å². The minimum atomic E-state index is -3.20. The summed E-state index contributed by atoms with van der Waals surface area (Å²) in [6.07, 6.45) is 0.582. The first-order valence-corrected chi connectivity index (χ1v) is 8.23. The third-order valence-electron chi connectivity index (χ3n) is 2.70. The van der Waals surface area contributed by atoms with E-state index < -0.39 is 28.2 Å². The number of benzene rings is 1. The van der Waals surface area contributed by atoms with Gasteiger partial charge in [0.2, 0.25) is 0 Å². The topological polar surface area (TPSA) is 108 Å². The van der Waals surface area contributed by atoms with Crippen LogP contribution in [0.3, 0.4) is 0 Å². The average molecular weight is 311 g/mol. The number of ether oxygens (including phenoxy) is 1. The van der Waals surface area contributed by atoms with Crippen LogP contribution in [0.2, 0.25) is 0 Å². The molecule has 7 heteroatoms. The molecule has 0 saturated carbocycles. The fourth-order valence-electron chi connectivity index (χ4n) is 1.72.